The molecule has 0 atom stereocenters. The van der Waals surface area contributed by atoms with Crippen LogP contribution in [0.25, 0.3) is 0 Å². The Hall–Kier alpha value is -2.03. The minimum atomic E-state index is -0.374. The topological polar surface area (TPSA) is 68.9 Å². The van der Waals surface area contributed by atoms with E-state index in [1.54, 1.807) is 12.1 Å². The second-order valence-corrected chi connectivity index (χ2v) is 5.80. The number of aliphatic imine (C=N–C) groups is 1. The van der Waals surface area contributed by atoms with Crippen molar-refractivity contribution in [1.29, 1.82) is 0 Å². The lowest BCUT2D eigenvalue weighted by atomic mass is 10.1. The van der Waals surface area contributed by atoms with Gasteiger partial charge in [-0.1, -0.05) is 6.07 Å². The molecule has 0 amide bonds. The maximum absolute atomic E-state index is 13.4. The van der Waals surface area contributed by atoms with Crippen LogP contribution in [-0.4, -0.2) is 25.7 Å². The largest absolute Gasteiger partial charge is 0.494 e. The average molecular weight is 473 g/mol. The van der Waals surface area contributed by atoms with Crippen LogP contribution in [-0.2, 0) is 6.42 Å². The van der Waals surface area contributed by atoms with Crippen molar-refractivity contribution in [3.8, 4) is 11.5 Å². The van der Waals surface area contributed by atoms with E-state index >= 15 is 0 Å². The van der Waals surface area contributed by atoms with E-state index in [4.69, 9.17) is 15.2 Å². The summed E-state index contributed by atoms with van der Waals surface area (Å²) in [5.41, 5.74) is 7.66. The monoisotopic (exact) mass is 473 g/mol. The average Bonchev–Trinajstić information content (AvgIpc) is 2.57. The van der Waals surface area contributed by atoms with E-state index in [1.165, 1.54) is 13.2 Å². The number of nitrogens with two attached hydrogens (primary N) is 1. The maximum Gasteiger partial charge on any atom is 0.193 e. The molecule has 0 spiro atoms. The highest BCUT2D eigenvalue weighted by molar-refractivity contribution is 14.0. The fraction of sp³-hybridized carbons (Fsp3) is 0.316. The Bertz CT molecular complexity index is 721. The Morgan fingerprint density at radius 2 is 1.88 bits per heavy atom. The number of nitrogens with one attached hydrogen (secondary N) is 1. The molecule has 0 aromatic heterocycles. The summed E-state index contributed by atoms with van der Waals surface area (Å²) in [5, 5.41) is 3.03. The molecule has 0 unspecified atom stereocenters. The predicted octanol–water partition coefficient (Wildman–Crippen LogP) is 4.21. The van der Waals surface area contributed by atoms with Gasteiger partial charge in [-0.05, 0) is 62.2 Å². The number of benzene rings is 2. The SMILES string of the molecule is COc1cc(CCN=C(N)Nc2ccc(OC(C)C)cc2)ccc1F.I. The van der Waals surface area contributed by atoms with Gasteiger partial charge in [0.1, 0.15) is 5.75 Å². The van der Waals surface area contributed by atoms with E-state index in [2.05, 4.69) is 10.3 Å². The van der Waals surface area contributed by atoms with Gasteiger partial charge in [0.05, 0.1) is 13.2 Å². The summed E-state index contributed by atoms with van der Waals surface area (Å²) in [6.07, 6.45) is 0.774. The first-order valence-electron chi connectivity index (χ1n) is 8.14. The van der Waals surface area contributed by atoms with Gasteiger partial charge in [0, 0.05) is 12.2 Å². The molecule has 2 aromatic carbocycles. The molecular formula is C19H25FIN3O2. The molecule has 0 aliphatic heterocycles. The quantitative estimate of drug-likeness (QED) is 0.359. The molecule has 26 heavy (non-hydrogen) atoms. The van der Waals surface area contributed by atoms with Crippen LogP contribution in [0.15, 0.2) is 47.5 Å². The zero-order chi connectivity index (χ0) is 18.2. The highest BCUT2D eigenvalue weighted by Crippen LogP contribution is 2.19. The van der Waals surface area contributed by atoms with E-state index in [0.29, 0.717) is 18.9 Å². The second-order valence-electron chi connectivity index (χ2n) is 5.80. The summed E-state index contributed by atoms with van der Waals surface area (Å²) in [4.78, 5) is 4.28. The van der Waals surface area contributed by atoms with Crippen molar-refractivity contribution in [3.05, 3.63) is 53.8 Å². The lowest BCUT2D eigenvalue weighted by Gasteiger charge is -2.11. The van der Waals surface area contributed by atoms with Gasteiger partial charge >= 0.3 is 0 Å². The molecule has 0 heterocycles. The van der Waals surface area contributed by atoms with Crippen molar-refractivity contribution in [2.45, 2.75) is 26.4 Å². The maximum atomic E-state index is 13.4. The van der Waals surface area contributed by atoms with Crippen LogP contribution in [0.1, 0.15) is 19.4 Å². The number of nitrogens with zero attached hydrogens (tertiary/aromatic N) is 1. The zero-order valence-electron chi connectivity index (χ0n) is 15.2. The van der Waals surface area contributed by atoms with Crippen LogP contribution in [0.2, 0.25) is 0 Å². The number of methoxy groups -OCH3 is 1. The smallest absolute Gasteiger partial charge is 0.193 e. The van der Waals surface area contributed by atoms with Crippen molar-refractivity contribution in [1.82, 2.24) is 0 Å². The fourth-order valence-corrected chi connectivity index (χ4v) is 2.24. The van der Waals surface area contributed by atoms with Gasteiger partial charge in [0.2, 0.25) is 0 Å². The molecule has 0 fully saturated rings. The van der Waals surface area contributed by atoms with Crippen molar-refractivity contribution in [2.24, 2.45) is 10.7 Å². The molecule has 3 N–H and O–H groups in total. The minimum absolute atomic E-state index is 0. The molecule has 2 rings (SSSR count). The summed E-state index contributed by atoms with van der Waals surface area (Å²) in [6.45, 7) is 4.45. The van der Waals surface area contributed by atoms with Gasteiger partial charge < -0.3 is 20.5 Å². The van der Waals surface area contributed by atoms with Gasteiger partial charge in [-0.2, -0.15) is 0 Å². The Balaban J connectivity index is 0.00000338. The predicted molar refractivity (Wildman–Crippen MR) is 114 cm³/mol. The van der Waals surface area contributed by atoms with Crippen LogP contribution in [0.5, 0.6) is 11.5 Å². The van der Waals surface area contributed by atoms with Crippen LogP contribution >= 0.6 is 24.0 Å². The summed E-state index contributed by atoms with van der Waals surface area (Å²) in [6, 6.07) is 12.3. The molecule has 7 heteroatoms. The first-order chi connectivity index (χ1) is 12.0. The molecule has 5 nitrogen and oxygen atoms in total. The fourth-order valence-electron chi connectivity index (χ4n) is 2.24. The van der Waals surface area contributed by atoms with Gasteiger partial charge in [-0.15, -0.1) is 24.0 Å². The minimum Gasteiger partial charge on any atom is -0.494 e. The van der Waals surface area contributed by atoms with E-state index < -0.39 is 0 Å². The third-order valence-electron chi connectivity index (χ3n) is 3.40. The lowest BCUT2D eigenvalue weighted by molar-refractivity contribution is 0.242. The van der Waals surface area contributed by atoms with E-state index in [0.717, 1.165) is 17.0 Å². The van der Waals surface area contributed by atoms with Crippen LogP contribution < -0.4 is 20.5 Å². The first-order valence-corrected chi connectivity index (χ1v) is 8.14. The first kappa shape index (κ1) is 22.0. The van der Waals surface area contributed by atoms with E-state index in [1.807, 2.05) is 38.1 Å². The second kappa shape index (κ2) is 10.8. The standard InChI is InChI=1S/C19H24FN3O2.HI/c1-13(2)25-16-7-5-15(6-8-16)23-19(21)22-11-10-14-4-9-17(20)18(12-14)24-3;/h4-9,12-13H,10-11H2,1-3H3,(H3,21,22,23);1H. The molecule has 0 saturated heterocycles. The number of anilines is 1. The van der Waals surface area contributed by atoms with Gasteiger partial charge in [0.15, 0.2) is 17.5 Å². The van der Waals surface area contributed by atoms with Crippen molar-refractivity contribution >= 4 is 35.6 Å². The third kappa shape index (κ3) is 7.07. The molecule has 0 saturated carbocycles. The highest BCUT2D eigenvalue weighted by Gasteiger charge is 2.03. The molecular weight excluding hydrogens is 448 g/mol. The molecule has 0 bridgehead atoms. The van der Waals surface area contributed by atoms with Gasteiger partial charge in [-0.25, -0.2) is 4.39 Å². The van der Waals surface area contributed by atoms with Crippen LogP contribution in [0, 0.1) is 5.82 Å². The summed E-state index contributed by atoms with van der Waals surface area (Å²) in [5.74, 6) is 0.991. The number of hydrogen-bond donors (Lipinski definition) is 2. The van der Waals surface area contributed by atoms with Gasteiger partial charge in [0.25, 0.3) is 0 Å². The zero-order valence-corrected chi connectivity index (χ0v) is 17.5. The number of rotatable bonds is 7. The normalized spacial score (nSPS) is 11.0. The molecule has 0 aliphatic rings. The van der Waals surface area contributed by atoms with Crippen molar-refractivity contribution in [2.75, 3.05) is 19.0 Å². The Morgan fingerprint density at radius 1 is 1.19 bits per heavy atom. The molecule has 2 aromatic rings. The van der Waals surface area contributed by atoms with E-state index in [-0.39, 0.29) is 41.6 Å². The van der Waals surface area contributed by atoms with Crippen molar-refractivity contribution < 1.29 is 13.9 Å². The molecule has 0 radical (unpaired) electrons. The summed E-state index contributed by atoms with van der Waals surface area (Å²) >= 11 is 0. The number of ether oxygens (including phenoxy) is 2. The van der Waals surface area contributed by atoms with E-state index in [9.17, 15) is 4.39 Å². The molecule has 142 valence electrons. The lowest BCUT2D eigenvalue weighted by Crippen LogP contribution is -2.23. The Morgan fingerprint density at radius 3 is 2.50 bits per heavy atom. The highest BCUT2D eigenvalue weighted by atomic mass is 127. The summed E-state index contributed by atoms with van der Waals surface area (Å²) < 4.78 is 23.9. The number of guanidine groups is 1. The number of hydrogen-bond acceptors (Lipinski definition) is 3. The Labute approximate surface area is 170 Å². The van der Waals surface area contributed by atoms with Gasteiger partial charge in [-0.3, -0.25) is 4.99 Å². The van der Waals surface area contributed by atoms with Crippen molar-refractivity contribution in [3.63, 3.8) is 0 Å². The molecule has 0 aliphatic carbocycles. The Kier molecular flexibility index (Phi) is 9.18. The van der Waals surface area contributed by atoms with Crippen LogP contribution in [0.3, 0.4) is 0 Å². The van der Waals surface area contributed by atoms with Crippen LogP contribution in [0.4, 0.5) is 10.1 Å². The number of halogens is 2. The summed E-state index contributed by atoms with van der Waals surface area (Å²) in [7, 11) is 1.44. The third-order valence-corrected chi connectivity index (χ3v) is 3.40.